The number of aromatic nitrogens is 2. The molecule has 2 rings (SSSR count). The Morgan fingerprint density at radius 1 is 1.31 bits per heavy atom. The molecule has 2 atom stereocenters. The van der Waals surface area contributed by atoms with E-state index in [4.69, 9.17) is 10.5 Å². The van der Waals surface area contributed by atoms with Crippen molar-refractivity contribution in [2.75, 3.05) is 0 Å². The van der Waals surface area contributed by atoms with E-state index in [9.17, 15) is 0 Å². The second-order valence-electron chi connectivity index (χ2n) is 4.56. The highest BCUT2D eigenvalue weighted by Crippen LogP contribution is 2.22. The normalized spacial score (nSPS) is 25.4. The van der Waals surface area contributed by atoms with Crippen molar-refractivity contribution < 1.29 is 4.74 Å². The molecule has 1 heterocycles. The van der Waals surface area contributed by atoms with E-state index in [1.165, 1.54) is 0 Å². The lowest BCUT2D eigenvalue weighted by Crippen LogP contribution is -2.33. The SMILES string of the molecule is Cc1cc(OC2CCCC(N)C2)nc(C)n1. The Bertz CT molecular complexity index is 347. The Morgan fingerprint density at radius 3 is 2.81 bits per heavy atom. The zero-order valence-corrected chi connectivity index (χ0v) is 9.94. The van der Waals surface area contributed by atoms with Crippen LogP contribution in [0.5, 0.6) is 5.88 Å². The van der Waals surface area contributed by atoms with E-state index in [1.54, 1.807) is 0 Å². The zero-order valence-electron chi connectivity index (χ0n) is 9.94. The van der Waals surface area contributed by atoms with Gasteiger partial charge in [0.15, 0.2) is 0 Å². The molecule has 0 aliphatic heterocycles. The monoisotopic (exact) mass is 221 g/mol. The van der Waals surface area contributed by atoms with Gasteiger partial charge in [-0.2, -0.15) is 4.98 Å². The highest BCUT2D eigenvalue weighted by atomic mass is 16.5. The number of hydrogen-bond acceptors (Lipinski definition) is 4. The summed E-state index contributed by atoms with van der Waals surface area (Å²) >= 11 is 0. The topological polar surface area (TPSA) is 61.0 Å². The predicted octanol–water partition coefficient (Wildman–Crippen LogP) is 1.74. The number of hydrogen-bond donors (Lipinski definition) is 1. The molecular formula is C12H19N3O. The summed E-state index contributed by atoms with van der Waals surface area (Å²) in [6, 6.07) is 2.16. The van der Waals surface area contributed by atoms with E-state index >= 15 is 0 Å². The molecule has 0 bridgehead atoms. The molecule has 2 unspecified atom stereocenters. The Morgan fingerprint density at radius 2 is 2.12 bits per heavy atom. The molecule has 0 radical (unpaired) electrons. The molecule has 1 aliphatic rings. The molecule has 0 spiro atoms. The Labute approximate surface area is 96.2 Å². The number of nitrogens with zero attached hydrogens (tertiary/aromatic N) is 2. The van der Waals surface area contributed by atoms with Crippen LogP contribution in [-0.2, 0) is 0 Å². The molecule has 0 saturated heterocycles. The van der Waals surface area contributed by atoms with Gasteiger partial charge in [0.1, 0.15) is 11.9 Å². The molecule has 4 heteroatoms. The lowest BCUT2D eigenvalue weighted by molar-refractivity contribution is 0.138. The van der Waals surface area contributed by atoms with E-state index in [0.717, 1.165) is 37.2 Å². The number of ether oxygens (including phenoxy) is 1. The maximum Gasteiger partial charge on any atom is 0.217 e. The molecule has 2 N–H and O–H groups in total. The Hall–Kier alpha value is -1.16. The van der Waals surface area contributed by atoms with Crippen molar-refractivity contribution in [2.45, 2.75) is 51.7 Å². The van der Waals surface area contributed by atoms with Crippen molar-refractivity contribution in [3.8, 4) is 5.88 Å². The van der Waals surface area contributed by atoms with Gasteiger partial charge in [-0.25, -0.2) is 4.98 Å². The quantitative estimate of drug-likeness (QED) is 0.826. The summed E-state index contributed by atoms with van der Waals surface area (Å²) in [5, 5.41) is 0. The molecule has 0 aromatic carbocycles. The van der Waals surface area contributed by atoms with Gasteiger partial charge in [0.2, 0.25) is 5.88 Å². The summed E-state index contributed by atoms with van der Waals surface area (Å²) in [5.74, 6) is 1.44. The van der Waals surface area contributed by atoms with Crippen molar-refractivity contribution in [1.82, 2.24) is 9.97 Å². The van der Waals surface area contributed by atoms with Crippen LogP contribution >= 0.6 is 0 Å². The third kappa shape index (κ3) is 2.92. The molecule has 4 nitrogen and oxygen atoms in total. The molecule has 1 saturated carbocycles. The first-order valence-electron chi connectivity index (χ1n) is 5.88. The van der Waals surface area contributed by atoms with Gasteiger partial charge in [-0.1, -0.05) is 0 Å². The highest BCUT2D eigenvalue weighted by molar-refractivity contribution is 5.15. The van der Waals surface area contributed by atoms with Crippen molar-refractivity contribution in [2.24, 2.45) is 5.73 Å². The van der Waals surface area contributed by atoms with Crippen LogP contribution in [0.1, 0.15) is 37.2 Å². The molecule has 1 fully saturated rings. The summed E-state index contributed by atoms with van der Waals surface area (Å²) in [5.41, 5.74) is 6.87. The van der Waals surface area contributed by atoms with Crippen LogP contribution in [0.15, 0.2) is 6.07 Å². The van der Waals surface area contributed by atoms with E-state index in [2.05, 4.69) is 9.97 Å². The Kier molecular flexibility index (Phi) is 3.39. The van der Waals surface area contributed by atoms with Crippen LogP contribution in [0.25, 0.3) is 0 Å². The first-order chi connectivity index (χ1) is 7.63. The van der Waals surface area contributed by atoms with Crippen molar-refractivity contribution in [3.63, 3.8) is 0 Å². The fourth-order valence-corrected chi connectivity index (χ4v) is 2.20. The van der Waals surface area contributed by atoms with E-state index in [-0.39, 0.29) is 12.1 Å². The average molecular weight is 221 g/mol. The van der Waals surface area contributed by atoms with Crippen molar-refractivity contribution in [1.29, 1.82) is 0 Å². The molecule has 1 aromatic heterocycles. The van der Waals surface area contributed by atoms with Gasteiger partial charge in [0, 0.05) is 17.8 Å². The minimum absolute atomic E-state index is 0.220. The van der Waals surface area contributed by atoms with Crippen LogP contribution < -0.4 is 10.5 Å². The van der Waals surface area contributed by atoms with Crippen LogP contribution in [0.3, 0.4) is 0 Å². The van der Waals surface area contributed by atoms with E-state index in [1.807, 2.05) is 19.9 Å². The fraction of sp³-hybridized carbons (Fsp3) is 0.667. The average Bonchev–Trinajstić information content (AvgIpc) is 2.15. The van der Waals surface area contributed by atoms with Crippen LogP contribution in [0, 0.1) is 13.8 Å². The predicted molar refractivity (Wildman–Crippen MR) is 62.4 cm³/mol. The van der Waals surface area contributed by atoms with Gasteiger partial charge in [-0.3, -0.25) is 0 Å². The zero-order chi connectivity index (χ0) is 11.5. The smallest absolute Gasteiger partial charge is 0.217 e. The van der Waals surface area contributed by atoms with E-state index < -0.39 is 0 Å². The van der Waals surface area contributed by atoms with Gasteiger partial charge in [-0.05, 0) is 39.5 Å². The third-order valence-electron chi connectivity index (χ3n) is 2.90. The third-order valence-corrected chi connectivity index (χ3v) is 2.90. The van der Waals surface area contributed by atoms with Crippen LogP contribution in [-0.4, -0.2) is 22.1 Å². The summed E-state index contributed by atoms with van der Waals surface area (Å²) < 4.78 is 5.86. The minimum atomic E-state index is 0.220. The number of rotatable bonds is 2. The van der Waals surface area contributed by atoms with Crippen molar-refractivity contribution in [3.05, 3.63) is 17.6 Å². The van der Waals surface area contributed by atoms with Gasteiger partial charge >= 0.3 is 0 Å². The van der Waals surface area contributed by atoms with Gasteiger partial charge in [0.25, 0.3) is 0 Å². The van der Waals surface area contributed by atoms with Gasteiger partial charge in [-0.15, -0.1) is 0 Å². The van der Waals surface area contributed by atoms with E-state index in [0.29, 0.717) is 5.88 Å². The maximum atomic E-state index is 5.93. The number of nitrogens with two attached hydrogens (primary N) is 1. The lowest BCUT2D eigenvalue weighted by Gasteiger charge is -2.26. The molecular weight excluding hydrogens is 202 g/mol. The summed E-state index contributed by atoms with van der Waals surface area (Å²) in [6.45, 7) is 3.83. The summed E-state index contributed by atoms with van der Waals surface area (Å²) in [7, 11) is 0. The van der Waals surface area contributed by atoms with Crippen LogP contribution in [0.2, 0.25) is 0 Å². The number of aryl methyl sites for hydroxylation is 2. The molecule has 16 heavy (non-hydrogen) atoms. The van der Waals surface area contributed by atoms with Gasteiger partial charge < -0.3 is 10.5 Å². The first kappa shape index (κ1) is 11.3. The minimum Gasteiger partial charge on any atom is -0.474 e. The largest absolute Gasteiger partial charge is 0.474 e. The van der Waals surface area contributed by atoms with Gasteiger partial charge in [0.05, 0.1) is 0 Å². The maximum absolute atomic E-state index is 5.93. The molecule has 88 valence electrons. The summed E-state index contributed by atoms with van der Waals surface area (Å²) in [4.78, 5) is 8.51. The van der Waals surface area contributed by atoms with Crippen molar-refractivity contribution >= 4 is 0 Å². The lowest BCUT2D eigenvalue weighted by atomic mass is 9.94. The Balaban J connectivity index is 2.02. The molecule has 1 aromatic rings. The fourth-order valence-electron chi connectivity index (χ4n) is 2.20. The highest BCUT2D eigenvalue weighted by Gasteiger charge is 2.21. The second kappa shape index (κ2) is 4.78. The summed E-state index contributed by atoms with van der Waals surface area (Å²) in [6.07, 6.45) is 4.49. The standard InChI is InChI=1S/C12H19N3O/c1-8-6-12(15-9(2)14-8)16-11-5-3-4-10(13)7-11/h6,10-11H,3-5,7,13H2,1-2H3. The first-order valence-corrected chi connectivity index (χ1v) is 5.88. The molecule has 1 aliphatic carbocycles. The molecule has 0 amide bonds. The van der Waals surface area contributed by atoms with Crippen LogP contribution in [0.4, 0.5) is 0 Å². The second-order valence-corrected chi connectivity index (χ2v) is 4.56.